The lowest BCUT2D eigenvalue weighted by atomic mass is 10.2. The van der Waals surface area contributed by atoms with Crippen LogP contribution in [0, 0.1) is 6.92 Å². The zero-order valence-electron chi connectivity index (χ0n) is 6.87. The smallest absolute Gasteiger partial charge is 0.120 e. The predicted octanol–water partition coefficient (Wildman–Crippen LogP) is 2.56. The van der Waals surface area contributed by atoms with Crippen molar-refractivity contribution in [2.45, 2.75) is 19.4 Å². The van der Waals surface area contributed by atoms with Crippen molar-refractivity contribution in [3.8, 4) is 5.75 Å². The molecule has 1 aromatic carbocycles. The average Bonchev–Trinajstić information content (AvgIpc) is 1.85. The van der Waals surface area contributed by atoms with E-state index in [0.717, 1.165) is 5.75 Å². The van der Waals surface area contributed by atoms with E-state index < -0.39 is 5.60 Å². The van der Waals surface area contributed by atoms with Crippen LogP contribution in [-0.4, -0.2) is 5.60 Å². The van der Waals surface area contributed by atoms with Gasteiger partial charge in [-0.3, -0.25) is 0 Å². The Bertz CT molecular complexity index is 208. The molecule has 0 spiro atoms. The van der Waals surface area contributed by atoms with Gasteiger partial charge in [-0.2, -0.15) is 0 Å². The summed E-state index contributed by atoms with van der Waals surface area (Å²) in [7, 11) is 0. The van der Waals surface area contributed by atoms with Crippen molar-refractivity contribution in [2.75, 3.05) is 0 Å². The van der Waals surface area contributed by atoms with Crippen molar-refractivity contribution in [2.24, 2.45) is 0 Å². The highest BCUT2D eigenvalue weighted by atomic mass is 16.5. The summed E-state index contributed by atoms with van der Waals surface area (Å²) in [5.41, 5.74) is -0.596. The quantitative estimate of drug-likeness (QED) is 0.626. The Morgan fingerprint density at radius 3 is 2.18 bits per heavy atom. The minimum atomic E-state index is -0.596. The van der Waals surface area contributed by atoms with E-state index in [9.17, 15) is 0 Å². The number of ether oxygens (including phenoxy) is 1. The van der Waals surface area contributed by atoms with Crippen molar-refractivity contribution in [3.63, 3.8) is 0 Å². The van der Waals surface area contributed by atoms with Crippen LogP contribution < -0.4 is 4.74 Å². The Labute approximate surface area is 68.0 Å². The third kappa shape index (κ3) is 3.08. The van der Waals surface area contributed by atoms with E-state index in [-0.39, 0.29) is 0 Å². The first-order valence-electron chi connectivity index (χ1n) is 3.61. The van der Waals surface area contributed by atoms with Gasteiger partial charge in [0, 0.05) is 6.92 Å². The van der Waals surface area contributed by atoms with Crippen LogP contribution >= 0.6 is 0 Å². The summed E-state index contributed by atoms with van der Waals surface area (Å²) in [6.45, 7) is 9.28. The molecular formula is C10H12O. The molecule has 1 rings (SSSR count). The molecular weight excluding hydrogens is 136 g/mol. The third-order valence-corrected chi connectivity index (χ3v) is 1.12. The molecule has 0 N–H and O–H groups in total. The van der Waals surface area contributed by atoms with E-state index in [4.69, 9.17) is 11.7 Å². The number of hydrogen-bond donors (Lipinski definition) is 0. The lowest BCUT2D eigenvalue weighted by molar-refractivity contribution is 0.159. The third-order valence-electron chi connectivity index (χ3n) is 1.12. The summed E-state index contributed by atoms with van der Waals surface area (Å²) < 4.78 is 5.38. The van der Waals surface area contributed by atoms with Crippen molar-refractivity contribution in [1.82, 2.24) is 0 Å². The van der Waals surface area contributed by atoms with Crippen LogP contribution in [0.3, 0.4) is 0 Å². The maximum atomic E-state index is 5.65. The van der Waals surface area contributed by atoms with Crippen LogP contribution in [0.15, 0.2) is 30.3 Å². The molecule has 0 amide bonds. The van der Waals surface area contributed by atoms with Crippen LogP contribution in [0.4, 0.5) is 0 Å². The molecule has 0 aromatic heterocycles. The van der Waals surface area contributed by atoms with Crippen LogP contribution in [0.25, 0.3) is 0 Å². The van der Waals surface area contributed by atoms with Crippen LogP contribution in [-0.2, 0) is 0 Å². The van der Waals surface area contributed by atoms with Crippen LogP contribution in [0.1, 0.15) is 13.8 Å². The van der Waals surface area contributed by atoms with Gasteiger partial charge in [-0.25, -0.2) is 0 Å². The molecule has 0 bridgehead atoms. The predicted molar refractivity (Wildman–Crippen MR) is 45.4 cm³/mol. The maximum absolute atomic E-state index is 5.65. The molecule has 1 aromatic rings. The molecule has 0 fully saturated rings. The molecule has 11 heavy (non-hydrogen) atoms. The Morgan fingerprint density at radius 2 is 1.73 bits per heavy atom. The van der Waals surface area contributed by atoms with Crippen LogP contribution in [0.2, 0.25) is 0 Å². The zero-order valence-corrected chi connectivity index (χ0v) is 6.87. The first-order chi connectivity index (χ1) is 5.08. The Balaban J connectivity index is 2.66. The first kappa shape index (κ1) is 8.12. The molecule has 0 heterocycles. The molecule has 1 nitrogen and oxygen atoms in total. The fraction of sp³-hybridized carbons (Fsp3) is 0.300. The second-order valence-electron chi connectivity index (χ2n) is 3.02. The van der Waals surface area contributed by atoms with Crippen LogP contribution in [0.5, 0.6) is 5.75 Å². The van der Waals surface area contributed by atoms with Crippen molar-refractivity contribution in [1.29, 1.82) is 0 Å². The summed E-state index contributed by atoms with van der Waals surface area (Å²) in [5.74, 6) is 0.806. The summed E-state index contributed by atoms with van der Waals surface area (Å²) in [5, 5.41) is 0. The maximum Gasteiger partial charge on any atom is 0.120 e. The molecule has 0 unspecified atom stereocenters. The first-order valence-corrected chi connectivity index (χ1v) is 3.61. The van der Waals surface area contributed by atoms with Gasteiger partial charge in [0.2, 0.25) is 0 Å². The molecule has 0 aliphatic rings. The van der Waals surface area contributed by atoms with E-state index in [1.807, 2.05) is 44.2 Å². The summed E-state index contributed by atoms with van der Waals surface area (Å²) in [4.78, 5) is 0. The van der Waals surface area contributed by atoms with Gasteiger partial charge in [0.25, 0.3) is 0 Å². The number of hydrogen-bond acceptors (Lipinski definition) is 1. The number of rotatable bonds is 2. The molecule has 2 radical (unpaired) electrons. The molecule has 0 atom stereocenters. The van der Waals surface area contributed by atoms with Gasteiger partial charge in [0.15, 0.2) is 0 Å². The monoisotopic (exact) mass is 148 g/mol. The molecule has 0 saturated carbocycles. The second kappa shape index (κ2) is 2.95. The highest BCUT2D eigenvalue weighted by Gasteiger charge is 2.10. The largest absolute Gasteiger partial charge is 0.488 e. The molecule has 1 heteroatoms. The SMILES string of the molecule is [CH]C(C)(C)Oc1ccccc1. The lowest BCUT2D eigenvalue weighted by Gasteiger charge is -2.20. The van der Waals surface area contributed by atoms with Gasteiger partial charge in [0.1, 0.15) is 11.4 Å². The van der Waals surface area contributed by atoms with Crippen molar-refractivity contribution < 1.29 is 4.74 Å². The van der Waals surface area contributed by atoms with Crippen molar-refractivity contribution >= 4 is 0 Å². The van der Waals surface area contributed by atoms with Gasteiger partial charge in [0.05, 0.1) is 0 Å². The van der Waals surface area contributed by atoms with E-state index in [1.54, 1.807) is 0 Å². The van der Waals surface area contributed by atoms with Gasteiger partial charge < -0.3 is 4.74 Å². The van der Waals surface area contributed by atoms with Gasteiger partial charge in [-0.1, -0.05) is 18.2 Å². The number of benzene rings is 1. The molecule has 0 aliphatic heterocycles. The minimum Gasteiger partial charge on any atom is -0.488 e. The fourth-order valence-electron chi connectivity index (χ4n) is 0.792. The second-order valence-corrected chi connectivity index (χ2v) is 3.02. The topological polar surface area (TPSA) is 9.23 Å². The van der Waals surface area contributed by atoms with Gasteiger partial charge in [-0.05, 0) is 26.0 Å². The molecule has 0 saturated heterocycles. The standard InChI is InChI=1S/C10H12O/c1-10(2,3)11-9-7-5-4-6-8-9/h1,4-8H,2-3H3. The molecule has 58 valence electrons. The summed E-state index contributed by atoms with van der Waals surface area (Å²) in [6, 6.07) is 9.54. The Kier molecular flexibility index (Phi) is 2.18. The van der Waals surface area contributed by atoms with E-state index >= 15 is 0 Å². The van der Waals surface area contributed by atoms with Gasteiger partial charge >= 0.3 is 0 Å². The average molecular weight is 148 g/mol. The highest BCUT2D eigenvalue weighted by Crippen LogP contribution is 2.15. The van der Waals surface area contributed by atoms with E-state index in [0.29, 0.717) is 0 Å². The normalized spacial score (nSPS) is 11.2. The summed E-state index contributed by atoms with van der Waals surface area (Å²) in [6.07, 6.45) is 0. The highest BCUT2D eigenvalue weighted by molar-refractivity contribution is 5.21. The van der Waals surface area contributed by atoms with Crippen molar-refractivity contribution in [3.05, 3.63) is 37.3 Å². The van der Waals surface area contributed by atoms with E-state index in [2.05, 4.69) is 0 Å². The Morgan fingerprint density at radius 1 is 1.18 bits per heavy atom. The lowest BCUT2D eigenvalue weighted by Crippen LogP contribution is -2.23. The number of para-hydroxylation sites is 1. The Hall–Kier alpha value is -0.980. The minimum absolute atomic E-state index is 0.596. The van der Waals surface area contributed by atoms with E-state index in [1.165, 1.54) is 0 Å². The zero-order chi connectivity index (χ0) is 8.32. The summed E-state index contributed by atoms with van der Waals surface area (Å²) >= 11 is 0. The molecule has 0 aliphatic carbocycles. The fourth-order valence-corrected chi connectivity index (χ4v) is 0.792. The van der Waals surface area contributed by atoms with Gasteiger partial charge in [-0.15, -0.1) is 0 Å².